The number of carbonyl (C=O) groups excluding carboxylic acids is 3. The number of rotatable bonds is 17. The molecule has 0 saturated heterocycles. The summed E-state index contributed by atoms with van der Waals surface area (Å²) in [6.45, 7) is 3.76. The number of imidazole rings is 1. The summed E-state index contributed by atoms with van der Waals surface area (Å²) in [6.07, 6.45) is 4.29. The quantitative estimate of drug-likeness (QED) is 0.0669. The molecule has 5 atom stereocenters. The van der Waals surface area contributed by atoms with Gasteiger partial charge in [0.05, 0.1) is 12.4 Å². The number of nitrogens with one attached hydrogen (secondary N) is 4. The lowest BCUT2D eigenvalue weighted by molar-refractivity contribution is -0.143. The molecule has 1 aromatic carbocycles. The van der Waals surface area contributed by atoms with E-state index >= 15 is 0 Å². The molecule has 14 heteroatoms. The zero-order chi connectivity index (χ0) is 30.4. The van der Waals surface area contributed by atoms with Crippen LogP contribution in [0.2, 0.25) is 0 Å². The molecule has 41 heavy (non-hydrogen) atoms. The van der Waals surface area contributed by atoms with E-state index in [0.29, 0.717) is 18.5 Å². The lowest BCUT2D eigenvalue weighted by Crippen LogP contribution is -2.58. The second kappa shape index (κ2) is 16.6. The van der Waals surface area contributed by atoms with Gasteiger partial charge < -0.3 is 43.2 Å². The Morgan fingerprint density at radius 1 is 1.00 bits per heavy atom. The first-order valence-corrected chi connectivity index (χ1v) is 13.5. The minimum Gasteiger partial charge on any atom is -0.480 e. The van der Waals surface area contributed by atoms with E-state index in [-0.39, 0.29) is 37.7 Å². The van der Waals surface area contributed by atoms with Crippen molar-refractivity contribution >= 4 is 29.7 Å². The Bertz CT molecular complexity index is 1150. The van der Waals surface area contributed by atoms with E-state index in [1.54, 1.807) is 37.4 Å². The van der Waals surface area contributed by atoms with E-state index in [0.717, 1.165) is 5.56 Å². The van der Waals surface area contributed by atoms with Gasteiger partial charge >= 0.3 is 5.97 Å². The zero-order valence-electron chi connectivity index (χ0n) is 23.4. The summed E-state index contributed by atoms with van der Waals surface area (Å²) in [5, 5.41) is 17.6. The van der Waals surface area contributed by atoms with Crippen molar-refractivity contribution in [2.45, 2.75) is 70.1 Å². The smallest absolute Gasteiger partial charge is 0.326 e. The van der Waals surface area contributed by atoms with Gasteiger partial charge in [-0.3, -0.25) is 19.4 Å². The second-order valence-electron chi connectivity index (χ2n) is 9.86. The summed E-state index contributed by atoms with van der Waals surface area (Å²) < 4.78 is 0. The Morgan fingerprint density at radius 3 is 2.24 bits per heavy atom. The summed E-state index contributed by atoms with van der Waals surface area (Å²) in [5.41, 5.74) is 18.2. The van der Waals surface area contributed by atoms with Gasteiger partial charge in [0.2, 0.25) is 17.7 Å². The molecular formula is C27H41N9O5. The first kappa shape index (κ1) is 32.8. The van der Waals surface area contributed by atoms with Crippen molar-refractivity contribution in [3.63, 3.8) is 0 Å². The first-order chi connectivity index (χ1) is 19.5. The highest BCUT2D eigenvalue weighted by atomic mass is 16.4. The number of aliphatic imine (C=N–C) groups is 1. The van der Waals surface area contributed by atoms with E-state index < -0.39 is 47.9 Å². The van der Waals surface area contributed by atoms with Crippen LogP contribution < -0.4 is 33.2 Å². The molecule has 0 bridgehead atoms. The Balaban J connectivity index is 2.24. The lowest BCUT2D eigenvalue weighted by Gasteiger charge is -2.26. The van der Waals surface area contributed by atoms with Gasteiger partial charge in [-0.05, 0) is 24.3 Å². The van der Waals surface area contributed by atoms with Crippen molar-refractivity contribution in [2.75, 3.05) is 6.54 Å². The molecule has 1 heterocycles. The van der Waals surface area contributed by atoms with Crippen LogP contribution >= 0.6 is 0 Å². The first-order valence-electron chi connectivity index (χ1n) is 13.5. The van der Waals surface area contributed by atoms with Crippen molar-refractivity contribution in [3.8, 4) is 0 Å². The van der Waals surface area contributed by atoms with Gasteiger partial charge in [-0.2, -0.15) is 0 Å². The summed E-state index contributed by atoms with van der Waals surface area (Å²) in [5.74, 6) is -3.49. The van der Waals surface area contributed by atoms with Gasteiger partial charge in [0.1, 0.15) is 18.1 Å². The molecular weight excluding hydrogens is 530 g/mol. The van der Waals surface area contributed by atoms with Gasteiger partial charge in [0.25, 0.3) is 0 Å². The molecule has 0 aliphatic heterocycles. The number of carboxylic acids is 1. The molecule has 0 aliphatic rings. The van der Waals surface area contributed by atoms with Crippen molar-refractivity contribution in [1.29, 1.82) is 0 Å². The van der Waals surface area contributed by atoms with E-state index in [4.69, 9.17) is 17.2 Å². The SMILES string of the molecule is CCC(C)C(NC(=O)C(Cc1ccccc1)NC(=O)C(CCCN=C(N)N)NC(=O)C(N)Cc1cnc[nH]1)C(=O)O. The Labute approximate surface area is 238 Å². The fourth-order valence-corrected chi connectivity index (χ4v) is 4.05. The fraction of sp³-hybridized carbons (Fsp3) is 0.481. The molecule has 2 rings (SSSR count). The molecule has 0 radical (unpaired) electrons. The molecule has 2 aromatic rings. The topological polar surface area (TPSA) is 244 Å². The van der Waals surface area contributed by atoms with Crippen LogP contribution in [0.1, 0.15) is 44.4 Å². The number of guanidine groups is 1. The fourth-order valence-electron chi connectivity index (χ4n) is 4.05. The average molecular weight is 572 g/mol. The molecule has 0 saturated carbocycles. The van der Waals surface area contributed by atoms with Crippen LogP contribution in [0.15, 0.2) is 47.8 Å². The largest absolute Gasteiger partial charge is 0.480 e. The number of amides is 3. The summed E-state index contributed by atoms with van der Waals surface area (Å²) in [4.78, 5) is 62.3. The number of aromatic nitrogens is 2. The number of H-pyrrole nitrogens is 1. The van der Waals surface area contributed by atoms with Crippen LogP contribution in [0.25, 0.3) is 0 Å². The monoisotopic (exact) mass is 571 g/mol. The predicted molar refractivity (Wildman–Crippen MR) is 153 cm³/mol. The number of carbonyl (C=O) groups is 4. The van der Waals surface area contributed by atoms with E-state index in [1.165, 1.54) is 6.33 Å². The molecule has 14 nitrogen and oxygen atoms in total. The van der Waals surface area contributed by atoms with E-state index in [9.17, 15) is 24.3 Å². The molecule has 0 fully saturated rings. The number of nitrogens with zero attached hydrogens (tertiary/aromatic N) is 2. The highest BCUT2D eigenvalue weighted by Crippen LogP contribution is 2.11. The lowest BCUT2D eigenvalue weighted by atomic mass is 9.98. The van der Waals surface area contributed by atoms with Crippen molar-refractivity contribution in [1.82, 2.24) is 25.9 Å². The molecule has 224 valence electrons. The standard InChI is InChI=1S/C27H41N9O5/c1-3-16(2)22(26(40)41)36-25(39)21(12-17-8-5-4-6-9-17)35-24(38)20(10-7-11-32-27(29)30)34-23(37)19(28)13-18-14-31-15-33-18/h4-6,8-9,14-16,19-22H,3,7,10-13,28H2,1-2H3,(H,31,33)(H,34,37)(H,35,38)(H,36,39)(H,40,41)(H4,29,30,32). The average Bonchev–Trinajstić information content (AvgIpc) is 3.45. The zero-order valence-corrected chi connectivity index (χ0v) is 23.4. The van der Waals surface area contributed by atoms with Crippen molar-refractivity contribution < 1.29 is 24.3 Å². The summed E-state index contributed by atoms with van der Waals surface area (Å²) >= 11 is 0. The van der Waals surface area contributed by atoms with Crippen LogP contribution in [0, 0.1) is 5.92 Å². The van der Waals surface area contributed by atoms with Crippen molar-refractivity contribution in [2.24, 2.45) is 28.1 Å². The number of aromatic amines is 1. The maximum Gasteiger partial charge on any atom is 0.326 e. The predicted octanol–water partition coefficient (Wildman–Crippen LogP) is -0.839. The minimum atomic E-state index is -1.17. The van der Waals surface area contributed by atoms with Gasteiger partial charge in [-0.25, -0.2) is 9.78 Å². The number of hydrogen-bond donors (Lipinski definition) is 8. The van der Waals surface area contributed by atoms with Gasteiger partial charge in [0.15, 0.2) is 5.96 Å². The Morgan fingerprint density at radius 2 is 1.66 bits per heavy atom. The number of carboxylic acid groups (broad SMARTS) is 1. The number of benzene rings is 1. The summed E-state index contributed by atoms with van der Waals surface area (Å²) in [6, 6.07) is 4.68. The van der Waals surface area contributed by atoms with Gasteiger partial charge in [-0.15, -0.1) is 0 Å². The third-order valence-corrected chi connectivity index (χ3v) is 6.60. The highest BCUT2D eigenvalue weighted by molar-refractivity contribution is 5.94. The summed E-state index contributed by atoms with van der Waals surface area (Å²) in [7, 11) is 0. The maximum atomic E-state index is 13.5. The highest BCUT2D eigenvalue weighted by Gasteiger charge is 2.32. The molecule has 0 aliphatic carbocycles. The number of aliphatic carboxylic acids is 1. The Hall–Kier alpha value is -4.46. The van der Waals surface area contributed by atoms with Crippen molar-refractivity contribution in [3.05, 3.63) is 54.1 Å². The molecule has 1 aromatic heterocycles. The second-order valence-corrected chi connectivity index (χ2v) is 9.86. The third-order valence-electron chi connectivity index (χ3n) is 6.60. The van der Waals surface area contributed by atoms with Crippen LogP contribution in [0.3, 0.4) is 0 Å². The van der Waals surface area contributed by atoms with Gasteiger partial charge in [-0.1, -0.05) is 50.6 Å². The maximum absolute atomic E-state index is 13.5. The van der Waals surface area contributed by atoms with Gasteiger partial charge in [0, 0.05) is 31.3 Å². The van der Waals surface area contributed by atoms with Crippen LogP contribution in [0.4, 0.5) is 0 Å². The van der Waals surface area contributed by atoms with E-state index in [1.807, 2.05) is 13.0 Å². The number of hydrogen-bond acceptors (Lipinski definition) is 7. The number of nitrogens with two attached hydrogens (primary N) is 3. The molecule has 11 N–H and O–H groups in total. The molecule has 5 unspecified atom stereocenters. The van der Waals surface area contributed by atoms with Crippen LogP contribution in [-0.2, 0) is 32.0 Å². The van der Waals surface area contributed by atoms with E-state index in [2.05, 4.69) is 30.9 Å². The molecule has 3 amide bonds. The Kier molecular flexibility index (Phi) is 13.3. The van der Waals surface area contributed by atoms with Crippen LogP contribution in [-0.4, -0.2) is 75.4 Å². The third kappa shape index (κ3) is 11.3. The minimum absolute atomic E-state index is 0.0965. The molecule has 0 spiro atoms. The van der Waals surface area contributed by atoms with Crippen LogP contribution in [0.5, 0.6) is 0 Å². The normalized spacial score (nSPS) is 14.5.